The van der Waals surface area contributed by atoms with Crippen LogP contribution in [0.4, 0.5) is 5.13 Å². The highest BCUT2D eigenvalue weighted by atomic mass is 32.1. The molecule has 0 fully saturated rings. The van der Waals surface area contributed by atoms with Crippen molar-refractivity contribution in [3.05, 3.63) is 26.7 Å². The Morgan fingerprint density at radius 1 is 1.45 bits per heavy atom. The van der Waals surface area contributed by atoms with Gasteiger partial charge in [0.25, 0.3) is 0 Å². The van der Waals surface area contributed by atoms with Crippen molar-refractivity contribution in [3.63, 3.8) is 0 Å². The summed E-state index contributed by atoms with van der Waals surface area (Å²) >= 11 is 3.20. The van der Waals surface area contributed by atoms with Crippen molar-refractivity contribution in [2.24, 2.45) is 0 Å². The van der Waals surface area contributed by atoms with Crippen molar-refractivity contribution in [3.8, 4) is 0 Å². The third kappa shape index (κ3) is 3.53. The zero-order chi connectivity index (χ0) is 15.7. The summed E-state index contributed by atoms with van der Waals surface area (Å²) in [5, 5.41) is 6.68. The maximum Gasteiger partial charge on any atom is 0.232 e. The number of thiazole rings is 2. The van der Waals surface area contributed by atoms with Gasteiger partial charge in [-0.1, -0.05) is 13.8 Å². The van der Waals surface area contributed by atoms with Gasteiger partial charge < -0.3 is 10.2 Å². The number of likely N-dealkylation sites (N-methyl/N-ethyl adjacent to an activating group) is 1. The molecule has 5 nitrogen and oxygen atoms in total. The van der Waals surface area contributed by atoms with Crippen molar-refractivity contribution >= 4 is 33.7 Å². The van der Waals surface area contributed by atoms with Crippen LogP contribution in [-0.4, -0.2) is 34.4 Å². The number of hydrogen-bond acceptors (Lipinski definition) is 6. The van der Waals surface area contributed by atoms with Crippen LogP contribution < -0.4 is 5.32 Å². The van der Waals surface area contributed by atoms with Crippen molar-refractivity contribution in [1.29, 1.82) is 0 Å². The highest BCUT2D eigenvalue weighted by molar-refractivity contribution is 7.15. The molecule has 0 unspecified atom stereocenters. The summed E-state index contributed by atoms with van der Waals surface area (Å²) in [5.41, 5.74) is 1.97. The molecule has 0 saturated carbocycles. The van der Waals surface area contributed by atoms with Crippen molar-refractivity contribution in [1.82, 2.24) is 14.9 Å². The molecule has 0 bridgehead atoms. The molecule has 0 saturated heterocycles. The number of amides is 1. The van der Waals surface area contributed by atoms with E-state index in [2.05, 4.69) is 41.1 Å². The van der Waals surface area contributed by atoms with Gasteiger partial charge in [0, 0.05) is 35.7 Å². The number of aromatic nitrogens is 2. The van der Waals surface area contributed by atoms with Crippen LogP contribution in [0.3, 0.4) is 0 Å². The maximum atomic E-state index is 12.1. The zero-order valence-corrected chi connectivity index (χ0v) is 14.7. The Labute approximate surface area is 138 Å². The standard InChI is InChI=1S/C15H20N4OS2/c1-9(2)14-16-10(8-21-14)6-13(20)18-15-17-11-4-5-19(3)7-12(11)22-15/h8-9H,4-7H2,1-3H3,(H,17,18,20). The number of carbonyl (C=O) groups is 1. The van der Waals surface area contributed by atoms with Crippen LogP contribution in [0.1, 0.15) is 41.0 Å². The molecule has 0 atom stereocenters. The van der Waals surface area contributed by atoms with Crippen LogP contribution in [0.5, 0.6) is 0 Å². The average molecular weight is 336 g/mol. The summed E-state index contributed by atoms with van der Waals surface area (Å²) in [5.74, 6) is 0.365. The lowest BCUT2D eigenvalue weighted by atomic mass is 10.2. The fourth-order valence-electron chi connectivity index (χ4n) is 2.37. The number of fused-ring (bicyclic) bond motifs is 1. The number of nitrogens with zero attached hydrogens (tertiary/aromatic N) is 3. The first kappa shape index (κ1) is 15.6. The first-order valence-corrected chi connectivity index (χ1v) is 9.12. The van der Waals surface area contributed by atoms with E-state index in [4.69, 9.17) is 0 Å². The Balaban J connectivity index is 1.62. The van der Waals surface area contributed by atoms with Crippen molar-refractivity contribution < 1.29 is 4.79 Å². The molecular weight excluding hydrogens is 316 g/mol. The normalized spacial score (nSPS) is 15.1. The summed E-state index contributed by atoms with van der Waals surface area (Å²) in [4.78, 5) is 24.7. The molecule has 1 aliphatic heterocycles. The maximum absolute atomic E-state index is 12.1. The Bertz CT molecular complexity index is 677. The highest BCUT2D eigenvalue weighted by Gasteiger charge is 2.19. The predicted molar refractivity (Wildman–Crippen MR) is 90.7 cm³/mol. The first-order chi connectivity index (χ1) is 10.5. The highest BCUT2D eigenvalue weighted by Crippen LogP contribution is 2.28. The van der Waals surface area contributed by atoms with Gasteiger partial charge >= 0.3 is 0 Å². The van der Waals surface area contributed by atoms with Gasteiger partial charge in [-0.15, -0.1) is 22.7 Å². The smallest absolute Gasteiger partial charge is 0.232 e. The quantitative estimate of drug-likeness (QED) is 0.933. The first-order valence-electron chi connectivity index (χ1n) is 7.42. The summed E-state index contributed by atoms with van der Waals surface area (Å²) in [6.07, 6.45) is 1.27. The fraction of sp³-hybridized carbons (Fsp3) is 0.533. The van der Waals surface area contributed by atoms with E-state index < -0.39 is 0 Å². The van der Waals surface area contributed by atoms with Gasteiger partial charge in [-0.05, 0) is 7.05 Å². The van der Waals surface area contributed by atoms with E-state index in [1.54, 1.807) is 22.7 Å². The summed E-state index contributed by atoms with van der Waals surface area (Å²) in [7, 11) is 2.11. The van der Waals surface area contributed by atoms with Crippen molar-refractivity contribution in [2.45, 2.75) is 39.2 Å². The molecule has 3 rings (SSSR count). The second-order valence-corrected chi connectivity index (χ2v) is 7.91. The number of nitrogens with one attached hydrogen (secondary N) is 1. The minimum absolute atomic E-state index is 0.0416. The minimum atomic E-state index is -0.0416. The molecule has 3 heterocycles. The second kappa shape index (κ2) is 6.44. The molecule has 0 aromatic carbocycles. The Morgan fingerprint density at radius 2 is 2.27 bits per heavy atom. The summed E-state index contributed by atoms with van der Waals surface area (Å²) in [6, 6.07) is 0. The molecule has 7 heteroatoms. The minimum Gasteiger partial charge on any atom is -0.302 e. The van der Waals surface area contributed by atoms with Crippen LogP contribution in [0.15, 0.2) is 5.38 Å². The topological polar surface area (TPSA) is 58.1 Å². The van der Waals surface area contributed by atoms with Gasteiger partial charge in [0.15, 0.2) is 5.13 Å². The van der Waals surface area contributed by atoms with Gasteiger partial charge in [0.1, 0.15) is 0 Å². The molecule has 0 radical (unpaired) electrons. The van der Waals surface area contributed by atoms with E-state index in [9.17, 15) is 4.79 Å². The van der Waals surface area contributed by atoms with E-state index in [0.717, 1.165) is 35.9 Å². The Morgan fingerprint density at radius 3 is 3.00 bits per heavy atom. The van der Waals surface area contributed by atoms with Crippen LogP contribution in [-0.2, 0) is 24.2 Å². The van der Waals surface area contributed by atoms with Gasteiger partial charge in [-0.2, -0.15) is 0 Å². The SMILES string of the molecule is CC(C)c1nc(CC(=O)Nc2nc3c(s2)CN(C)CC3)cs1. The predicted octanol–water partition coefficient (Wildman–Crippen LogP) is 2.89. The number of hydrogen-bond donors (Lipinski definition) is 1. The molecule has 1 aliphatic rings. The molecule has 22 heavy (non-hydrogen) atoms. The molecule has 0 aliphatic carbocycles. The molecule has 118 valence electrons. The van der Waals surface area contributed by atoms with Crippen molar-refractivity contribution in [2.75, 3.05) is 18.9 Å². The van der Waals surface area contributed by atoms with Gasteiger partial charge in [0.2, 0.25) is 5.91 Å². The van der Waals surface area contributed by atoms with E-state index in [0.29, 0.717) is 17.5 Å². The number of carbonyl (C=O) groups excluding carboxylic acids is 1. The van der Waals surface area contributed by atoms with Crippen LogP contribution >= 0.6 is 22.7 Å². The van der Waals surface area contributed by atoms with Gasteiger partial charge in [-0.3, -0.25) is 4.79 Å². The van der Waals surface area contributed by atoms with Crippen LogP contribution in [0.2, 0.25) is 0 Å². The lowest BCUT2D eigenvalue weighted by Crippen LogP contribution is -2.25. The summed E-state index contributed by atoms with van der Waals surface area (Å²) < 4.78 is 0. The molecule has 2 aromatic rings. The number of rotatable bonds is 4. The van der Waals surface area contributed by atoms with Crippen LogP contribution in [0, 0.1) is 0 Å². The molecule has 1 N–H and O–H groups in total. The fourth-order valence-corrected chi connectivity index (χ4v) is 4.31. The van der Waals surface area contributed by atoms with Gasteiger partial charge in [-0.25, -0.2) is 9.97 Å². The molecular formula is C15H20N4OS2. The number of anilines is 1. The van der Waals surface area contributed by atoms with E-state index >= 15 is 0 Å². The summed E-state index contributed by atoms with van der Waals surface area (Å²) in [6.45, 7) is 6.17. The molecule has 0 spiro atoms. The Hall–Kier alpha value is -1.31. The lowest BCUT2D eigenvalue weighted by Gasteiger charge is -2.20. The van der Waals surface area contributed by atoms with E-state index in [-0.39, 0.29) is 5.91 Å². The third-order valence-electron chi connectivity index (χ3n) is 3.57. The molecule has 2 aromatic heterocycles. The zero-order valence-electron chi connectivity index (χ0n) is 13.0. The second-order valence-electron chi connectivity index (χ2n) is 5.93. The van der Waals surface area contributed by atoms with E-state index in [1.165, 1.54) is 4.88 Å². The average Bonchev–Trinajstić information content (AvgIpc) is 3.04. The monoisotopic (exact) mass is 336 g/mol. The Kier molecular flexibility index (Phi) is 4.56. The van der Waals surface area contributed by atoms with Gasteiger partial charge in [0.05, 0.1) is 22.8 Å². The molecule has 1 amide bonds. The van der Waals surface area contributed by atoms with Crippen LogP contribution in [0.25, 0.3) is 0 Å². The lowest BCUT2D eigenvalue weighted by molar-refractivity contribution is -0.115. The van der Waals surface area contributed by atoms with E-state index in [1.807, 2.05) is 5.38 Å². The largest absolute Gasteiger partial charge is 0.302 e. The third-order valence-corrected chi connectivity index (χ3v) is 5.77.